The number of nitrogens with one attached hydrogen (secondary N) is 1. The summed E-state index contributed by atoms with van der Waals surface area (Å²) in [5, 5.41) is 11.8. The molecule has 5 heteroatoms. The van der Waals surface area contributed by atoms with Crippen LogP contribution in [-0.4, -0.2) is 34.7 Å². The number of Topliss-reactive ketones (excluding diaryl/α,β-unsaturated/α-hetero) is 1. The molecule has 0 bridgehead atoms. The predicted molar refractivity (Wildman–Crippen MR) is 125 cm³/mol. The SMILES string of the molecule is CCCCN(CCCC)c1ccc(C2=CC(=O)C(=O)c3[nH]c4ccccc4c32)c(O)c1. The number of carbonyl (C=O) groups excluding carboxylic acids is 2. The van der Waals surface area contributed by atoms with Gasteiger partial charge in [-0.3, -0.25) is 9.59 Å². The Bertz CT molecular complexity index is 1160. The van der Waals surface area contributed by atoms with Gasteiger partial charge in [-0.15, -0.1) is 0 Å². The summed E-state index contributed by atoms with van der Waals surface area (Å²) in [5.41, 5.74) is 3.87. The number of phenols is 1. The number of H-pyrrole nitrogens is 1. The molecule has 0 saturated carbocycles. The first kappa shape index (κ1) is 20.9. The van der Waals surface area contributed by atoms with Gasteiger partial charge in [-0.05, 0) is 42.7 Å². The van der Waals surface area contributed by atoms with E-state index in [1.54, 1.807) is 6.07 Å². The van der Waals surface area contributed by atoms with E-state index in [1.165, 1.54) is 6.08 Å². The first-order valence-electron chi connectivity index (χ1n) is 11.0. The molecule has 31 heavy (non-hydrogen) atoms. The topological polar surface area (TPSA) is 73.4 Å². The Labute approximate surface area is 182 Å². The van der Waals surface area contributed by atoms with Gasteiger partial charge in [-0.1, -0.05) is 44.9 Å². The number of benzene rings is 2. The van der Waals surface area contributed by atoms with Crippen LogP contribution < -0.4 is 4.90 Å². The van der Waals surface area contributed by atoms with Crippen LogP contribution in [0.15, 0.2) is 48.5 Å². The number of hydrogen-bond donors (Lipinski definition) is 2. The predicted octanol–water partition coefficient (Wildman–Crippen LogP) is 5.48. The number of hydrogen-bond acceptors (Lipinski definition) is 4. The number of nitrogens with zero attached hydrogens (tertiary/aromatic N) is 1. The van der Waals surface area contributed by atoms with Crippen molar-refractivity contribution >= 4 is 33.7 Å². The summed E-state index contributed by atoms with van der Waals surface area (Å²) in [7, 11) is 0. The molecule has 2 N–H and O–H groups in total. The minimum absolute atomic E-state index is 0.111. The third-order valence-electron chi connectivity index (χ3n) is 5.90. The molecule has 0 amide bonds. The summed E-state index contributed by atoms with van der Waals surface area (Å²) in [4.78, 5) is 30.3. The summed E-state index contributed by atoms with van der Waals surface area (Å²) in [5.74, 6) is -1.01. The molecule has 0 aliphatic heterocycles. The largest absolute Gasteiger partial charge is 0.507 e. The molecule has 5 nitrogen and oxygen atoms in total. The van der Waals surface area contributed by atoms with E-state index in [0.29, 0.717) is 22.4 Å². The molecular weight excluding hydrogens is 388 g/mol. The zero-order valence-corrected chi connectivity index (χ0v) is 18.1. The number of allylic oxidation sites excluding steroid dienone is 1. The van der Waals surface area contributed by atoms with Gasteiger partial charge in [0, 0.05) is 46.9 Å². The molecule has 0 spiro atoms. The van der Waals surface area contributed by atoms with E-state index in [9.17, 15) is 14.7 Å². The number of phenolic OH excluding ortho intramolecular Hbond substituents is 1. The lowest BCUT2D eigenvalue weighted by Gasteiger charge is -2.25. The van der Waals surface area contributed by atoms with Gasteiger partial charge in [-0.2, -0.15) is 0 Å². The minimum Gasteiger partial charge on any atom is -0.507 e. The number of anilines is 1. The zero-order chi connectivity index (χ0) is 22.0. The van der Waals surface area contributed by atoms with Crippen molar-refractivity contribution in [3.05, 3.63) is 65.4 Å². The molecular formula is C26H28N2O3. The Morgan fingerprint density at radius 3 is 2.35 bits per heavy atom. The molecule has 1 aromatic heterocycles. The highest BCUT2D eigenvalue weighted by atomic mass is 16.3. The van der Waals surface area contributed by atoms with Crippen LogP contribution in [0.3, 0.4) is 0 Å². The van der Waals surface area contributed by atoms with Gasteiger partial charge in [0.1, 0.15) is 5.75 Å². The van der Waals surface area contributed by atoms with Crippen molar-refractivity contribution in [2.24, 2.45) is 0 Å². The molecule has 0 atom stereocenters. The van der Waals surface area contributed by atoms with Gasteiger partial charge in [0.15, 0.2) is 0 Å². The Balaban J connectivity index is 1.77. The van der Waals surface area contributed by atoms with E-state index in [0.717, 1.165) is 55.4 Å². The van der Waals surface area contributed by atoms with Crippen molar-refractivity contribution in [2.45, 2.75) is 39.5 Å². The van der Waals surface area contributed by atoms with Crippen molar-refractivity contribution in [3.63, 3.8) is 0 Å². The van der Waals surface area contributed by atoms with Gasteiger partial charge in [0.2, 0.25) is 11.6 Å². The lowest BCUT2D eigenvalue weighted by atomic mass is 9.87. The van der Waals surface area contributed by atoms with E-state index in [4.69, 9.17) is 0 Å². The second-order valence-electron chi connectivity index (χ2n) is 8.07. The van der Waals surface area contributed by atoms with Crippen LogP contribution >= 0.6 is 0 Å². The number of rotatable bonds is 8. The van der Waals surface area contributed by atoms with Gasteiger partial charge in [0.05, 0.1) is 5.69 Å². The first-order chi connectivity index (χ1) is 15.0. The Kier molecular flexibility index (Phi) is 5.94. The molecule has 0 unspecified atom stereocenters. The van der Waals surface area contributed by atoms with Crippen molar-refractivity contribution < 1.29 is 14.7 Å². The number of carbonyl (C=O) groups is 2. The van der Waals surface area contributed by atoms with Gasteiger partial charge in [0.25, 0.3) is 0 Å². The average molecular weight is 417 g/mol. The number of unbranched alkanes of at least 4 members (excludes halogenated alkanes) is 2. The molecule has 1 heterocycles. The fourth-order valence-electron chi connectivity index (χ4n) is 4.21. The fourth-order valence-corrected chi connectivity index (χ4v) is 4.21. The standard InChI is InChI=1S/C26H28N2O3/c1-3-5-13-28(14-6-4-2)17-11-12-18(22(29)15-17)20-16-23(30)26(31)25-24(20)19-9-7-8-10-21(19)27-25/h7-12,15-16,27,29H,3-6,13-14H2,1-2H3. The van der Waals surface area contributed by atoms with E-state index in [2.05, 4.69) is 23.7 Å². The Hall–Kier alpha value is -3.34. The molecule has 1 aliphatic carbocycles. The maximum atomic E-state index is 12.5. The van der Waals surface area contributed by atoms with E-state index in [1.807, 2.05) is 36.4 Å². The van der Waals surface area contributed by atoms with Crippen LogP contribution in [0.5, 0.6) is 5.75 Å². The summed E-state index contributed by atoms with van der Waals surface area (Å²) < 4.78 is 0. The summed E-state index contributed by atoms with van der Waals surface area (Å²) in [6.45, 7) is 6.23. The Morgan fingerprint density at radius 1 is 0.968 bits per heavy atom. The minimum atomic E-state index is -0.579. The lowest BCUT2D eigenvalue weighted by molar-refractivity contribution is -0.111. The molecule has 1 aliphatic rings. The molecule has 4 rings (SSSR count). The highest BCUT2D eigenvalue weighted by molar-refractivity contribution is 6.51. The second kappa shape index (κ2) is 8.80. The van der Waals surface area contributed by atoms with Gasteiger partial charge in [-0.25, -0.2) is 0 Å². The molecule has 3 aromatic rings. The van der Waals surface area contributed by atoms with Crippen LogP contribution in [0.25, 0.3) is 16.5 Å². The molecule has 160 valence electrons. The maximum Gasteiger partial charge on any atom is 0.249 e. The highest BCUT2D eigenvalue weighted by Gasteiger charge is 2.31. The number of aromatic hydroxyl groups is 1. The zero-order valence-electron chi connectivity index (χ0n) is 18.1. The van der Waals surface area contributed by atoms with Crippen molar-refractivity contribution in [2.75, 3.05) is 18.0 Å². The van der Waals surface area contributed by atoms with E-state index < -0.39 is 11.6 Å². The summed E-state index contributed by atoms with van der Waals surface area (Å²) >= 11 is 0. The van der Waals surface area contributed by atoms with E-state index in [-0.39, 0.29) is 5.75 Å². The third-order valence-corrected chi connectivity index (χ3v) is 5.90. The quantitative estimate of drug-likeness (QED) is 0.477. The van der Waals surface area contributed by atoms with Crippen LogP contribution in [-0.2, 0) is 4.79 Å². The fraction of sp³-hybridized carbons (Fsp3) is 0.308. The van der Waals surface area contributed by atoms with Crippen LogP contribution in [0.1, 0.15) is 61.1 Å². The monoisotopic (exact) mass is 416 g/mol. The van der Waals surface area contributed by atoms with Crippen molar-refractivity contribution in [1.82, 2.24) is 4.98 Å². The number of aromatic nitrogens is 1. The third kappa shape index (κ3) is 3.88. The van der Waals surface area contributed by atoms with Crippen molar-refractivity contribution in [1.29, 1.82) is 0 Å². The lowest BCUT2D eigenvalue weighted by Crippen LogP contribution is -2.25. The summed E-state index contributed by atoms with van der Waals surface area (Å²) in [6, 6.07) is 13.2. The van der Waals surface area contributed by atoms with Crippen LogP contribution in [0, 0.1) is 0 Å². The van der Waals surface area contributed by atoms with Crippen molar-refractivity contribution in [3.8, 4) is 5.75 Å². The Morgan fingerprint density at radius 2 is 1.68 bits per heavy atom. The molecule has 0 saturated heterocycles. The highest BCUT2D eigenvalue weighted by Crippen LogP contribution is 2.40. The van der Waals surface area contributed by atoms with E-state index >= 15 is 0 Å². The second-order valence-corrected chi connectivity index (χ2v) is 8.07. The van der Waals surface area contributed by atoms with Gasteiger partial charge < -0.3 is 15.0 Å². The molecule has 0 radical (unpaired) electrons. The van der Waals surface area contributed by atoms with Gasteiger partial charge >= 0.3 is 0 Å². The normalized spacial score (nSPS) is 13.4. The number of para-hydroxylation sites is 1. The molecule has 2 aromatic carbocycles. The smallest absolute Gasteiger partial charge is 0.249 e. The van der Waals surface area contributed by atoms with Crippen LogP contribution in [0.4, 0.5) is 5.69 Å². The summed E-state index contributed by atoms with van der Waals surface area (Å²) in [6.07, 6.45) is 5.75. The number of ketones is 2. The van der Waals surface area contributed by atoms with Crippen LogP contribution in [0.2, 0.25) is 0 Å². The average Bonchev–Trinajstić information content (AvgIpc) is 3.16. The number of fused-ring (bicyclic) bond motifs is 3. The molecule has 0 fully saturated rings. The first-order valence-corrected chi connectivity index (χ1v) is 11.0. The number of aromatic amines is 1. The maximum absolute atomic E-state index is 12.5.